The summed E-state index contributed by atoms with van der Waals surface area (Å²) in [5.74, 6) is 1.04. The quantitative estimate of drug-likeness (QED) is 0.761. The van der Waals surface area contributed by atoms with Crippen LogP contribution in [0.5, 0.6) is 0 Å². The van der Waals surface area contributed by atoms with E-state index in [1.54, 1.807) is 0 Å². The molecule has 3 heteroatoms. The summed E-state index contributed by atoms with van der Waals surface area (Å²) in [7, 11) is 0. The largest absolute Gasteiger partial charge is 0.326 e. The van der Waals surface area contributed by atoms with Crippen LogP contribution in [-0.4, -0.2) is 54.6 Å². The summed E-state index contributed by atoms with van der Waals surface area (Å²) < 4.78 is 0. The van der Waals surface area contributed by atoms with Crippen LogP contribution in [0.1, 0.15) is 33.1 Å². The molecule has 0 bridgehead atoms. The Bertz CT molecular complexity index is 210. The van der Waals surface area contributed by atoms with Crippen LogP contribution in [0.3, 0.4) is 0 Å². The summed E-state index contributed by atoms with van der Waals surface area (Å²) in [6, 6.07) is 0. The Hall–Kier alpha value is -0.120. The molecule has 2 rings (SSSR count). The number of hydrogen-bond acceptors (Lipinski definition) is 3. The van der Waals surface area contributed by atoms with Gasteiger partial charge in [0.05, 0.1) is 0 Å². The normalized spacial score (nSPS) is 24.9. The van der Waals surface area contributed by atoms with E-state index in [4.69, 9.17) is 5.73 Å². The summed E-state index contributed by atoms with van der Waals surface area (Å²) >= 11 is 0. The van der Waals surface area contributed by atoms with Crippen LogP contribution in [0.4, 0.5) is 0 Å². The van der Waals surface area contributed by atoms with Gasteiger partial charge >= 0.3 is 0 Å². The van der Waals surface area contributed by atoms with Gasteiger partial charge in [-0.1, -0.05) is 0 Å². The van der Waals surface area contributed by atoms with E-state index in [1.807, 2.05) is 0 Å². The standard InChI is InChI=1S/C13H27N3/c1-13(2,14)5-6-15-7-9-16(10-8-15)11-12-3-4-12/h12H,3-11,14H2,1-2H3. The molecule has 2 N–H and O–H groups in total. The summed E-state index contributed by atoms with van der Waals surface area (Å²) in [5, 5.41) is 0. The third-order valence-corrected chi connectivity index (χ3v) is 3.75. The molecule has 0 spiro atoms. The van der Waals surface area contributed by atoms with Gasteiger partial charge in [0, 0.05) is 38.3 Å². The second kappa shape index (κ2) is 5.03. The van der Waals surface area contributed by atoms with Gasteiger partial charge in [-0.05, 0) is 45.6 Å². The topological polar surface area (TPSA) is 32.5 Å². The SMILES string of the molecule is CC(C)(N)CCN1CCN(CC2CC2)CC1. The minimum atomic E-state index is -0.00878. The average molecular weight is 225 g/mol. The number of nitrogens with zero attached hydrogens (tertiary/aromatic N) is 2. The van der Waals surface area contributed by atoms with Crippen LogP contribution in [0.25, 0.3) is 0 Å². The van der Waals surface area contributed by atoms with E-state index in [2.05, 4.69) is 23.6 Å². The van der Waals surface area contributed by atoms with Crippen molar-refractivity contribution in [2.45, 2.75) is 38.6 Å². The number of nitrogens with two attached hydrogens (primary N) is 1. The van der Waals surface area contributed by atoms with Crippen LogP contribution in [0.15, 0.2) is 0 Å². The van der Waals surface area contributed by atoms with Crippen LogP contribution in [-0.2, 0) is 0 Å². The molecule has 0 unspecified atom stereocenters. The van der Waals surface area contributed by atoms with Crippen molar-refractivity contribution in [3.8, 4) is 0 Å². The average Bonchev–Trinajstić information content (AvgIpc) is 3.00. The van der Waals surface area contributed by atoms with Crippen molar-refractivity contribution in [1.29, 1.82) is 0 Å². The lowest BCUT2D eigenvalue weighted by Gasteiger charge is -2.35. The van der Waals surface area contributed by atoms with E-state index in [9.17, 15) is 0 Å². The van der Waals surface area contributed by atoms with Gasteiger partial charge in [-0.2, -0.15) is 0 Å². The minimum absolute atomic E-state index is 0.00878. The second-order valence-electron chi connectivity index (χ2n) is 6.32. The highest BCUT2D eigenvalue weighted by atomic mass is 15.3. The molecule has 1 saturated heterocycles. The molecule has 1 saturated carbocycles. The lowest BCUT2D eigenvalue weighted by molar-refractivity contribution is 0.122. The highest BCUT2D eigenvalue weighted by Gasteiger charge is 2.26. The maximum absolute atomic E-state index is 6.02. The van der Waals surface area contributed by atoms with E-state index >= 15 is 0 Å². The zero-order valence-electron chi connectivity index (χ0n) is 10.9. The van der Waals surface area contributed by atoms with Crippen molar-refractivity contribution in [3.63, 3.8) is 0 Å². The molecule has 16 heavy (non-hydrogen) atoms. The number of piperazine rings is 1. The molecule has 0 aromatic heterocycles. The molecule has 1 aliphatic carbocycles. The maximum Gasteiger partial charge on any atom is 0.0110 e. The van der Waals surface area contributed by atoms with E-state index in [0.717, 1.165) is 12.3 Å². The second-order valence-corrected chi connectivity index (χ2v) is 6.32. The first kappa shape index (κ1) is 12.3. The van der Waals surface area contributed by atoms with Crippen molar-refractivity contribution in [1.82, 2.24) is 9.80 Å². The van der Waals surface area contributed by atoms with Gasteiger partial charge in [-0.25, -0.2) is 0 Å². The molecule has 2 fully saturated rings. The molecule has 1 aliphatic heterocycles. The van der Waals surface area contributed by atoms with Crippen LogP contribution in [0, 0.1) is 5.92 Å². The van der Waals surface area contributed by atoms with Crippen LogP contribution >= 0.6 is 0 Å². The molecule has 3 nitrogen and oxygen atoms in total. The lowest BCUT2D eigenvalue weighted by Crippen LogP contribution is -2.48. The molecule has 94 valence electrons. The van der Waals surface area contributed by atoms with Crippen LogP contribution in [0.2, 0.25) is 0 Å². The maximum atomic E-state index is 6.02. The van der Waals surface area contributed by atoms with Crippen molar-refractivity contribution in [2.75, 3.05) is 39.3 Å². The third kappa shape index (κ3) is 4.40. The zero-order valence-corrected chi connectivity index (χ0v) is 10.9. The van der Waals surface area contributed by atoms with Gasteiger partial charge in [0.1, 0.15) is 0 Å². The number of rotatable bonds is 5. The summed E-state index contributed by atoms with van der Waals surface area (Å²) in [4.78, 5) is 5.21. The molecule has 0 atom stereocenters. The van der Waals surface area contributed by atoms with E-state index in [1.165, 1.54) is 52.1 Å². The third-order valence-electron chi connectivity index (χ3n) is 3.75. The Morgan fingerprint density at radius 2 is 1.62 bits per heavy atom. The molecule has 0 radical (unpaired) electrons. The molecule has 1 heterocycles. The fourth-order valence-corrected chi connectivity index (χ4v) is 2.31. The summed E-state index contributed by atoms with van der Waals surface area (Å²) in [6.45, 7) is 11.8. The molecule has 0 amide bonds. The van der Waals surface area contributed by atoms with Gasteiger partial charge in [0.15, 0.2) is 0 Å². The monoisotopic (exact) mass is 225 g/mol. The summed E-state index contributed by atoms with van der Waals surface area (Å²) in [5.41, 5.74) is 6.01. The van der Waals surface area contributed by atoms with Gasteiger partial charge in [-0.15, -0.1) is 0 Å². The van der Waals surface area contributed by atoms with Gasteiger partial charge in [0.25, 0.3) is 0 Å². The van der Waals surface area contributed by atoms with Crippen molar-refractivity contribution in [2.24, 2.45) is 11.7 Å². The smallest absolute Gasteiger partial charge is 0.0110 e. The van der Waals surface area contributed by atoms with E-state index in [0.29, 0.717) is 0 Å². The predicted octanol–water partition coefficient (Wildman–Crippen LogP) is 1.14. The first-order valence-corrected chi connectivity index (χ1v) is 6.76. The zero-order chi connectivity index (χ0) is 11.6. The summed E-state index contributed by atoms with van der Waals surface area (Å²) in [6.07, 6.45) is 4.05. The molecule has 0 aromatic rings. The number of hydrogen-bond donors (Lipinski definition) is 1. The van der Waals surface area contributed by atoms with Crippen molar-refractivity contribution in [3.05, 3.63) is 0 Å². The van der Waals surface area contributed by atoms with Gasteiger partial charge in [0.2, 0.25) is 0 Å². The predicted molar refractivity (Wildman–Crippen MR) is 68.5 cm³/mol. The highest BCUT2D eigenvalue weighted by molar-refractivity contribution is 4.81. The van der Waals surface area contributed by atoms with Crippen LogP contribution < -0.4 is 5.73 Å². The van der Waals surface area contributed by atoms with Crippen molar-refractivity contribution >= 4 is 0 Å². The Kier molecular flexibility index (Phi) is 3.88. The first-order chi connectivity index (χ1) is 7.53. The fourth-order valence-electron chi connectivity index (χ4n) is 2.31. The van der Waals surface area contributed by atoms with Crippen molar-refractivity contribution < 1.29 is 0 Å². The van der Waals surface area contributed by atoms with Gasteiger partial charge in [-0.3, -0.25) is 0 Å². The Morgan fingerprint density at radius 1 is 1.06 bits per heavy atom. The molecular weight excluding hydrogens is 198 g/mol. The molecule has 2 aliphatic rings. The molecule has 0 aromatic carbocycles. The van der Waals surface area contributed by atoms with E-state index in [-0.39, 0.29) is 5.54 Å². The minimum Gasteiger partial charge on any atom is -0.326 e. The lowest BCUT2D eigenvalue weighted by atomic mass is 10.0. The Labute approximate surface area is 100.0 Å². The Morgan fingerprint density at radius 3 is 2.12 bits per heavy atom. The van der Waals surface area contributed by atoms with E-state index < -0.39 is 0 Å². The van der Waals surface area contributed by atoms with Gasteiger partial charge < -0.3 is 15.5 Å². The Balaban J connectivity index is 1.60. The first-order valence-electron chi connectivity index (χ1n) is 6.76. The molecular formula is C13H27N3. The fraction of sp³-hybridized carbons (Fsp3) is 1.00. The highest BCUT2D eigenvalue weighted by Crippen LogP contribution is 2.29.